The zero-order valence-electron chi connectivity index (χ0n) is 12.8. The summed E-state index contributed by atoms with van der Waals surface area (Å²) in [6.07, 6.45) is 1.42. The second-order valence-corrected chi connectivity index (χ2v) is 5.13. The van der Waals surface area contributed by atoms with Crippen LogP contribution in [0.4, 0.5) is 0 Å². The highest BCUT2D eigenvalue weighted by atomic mass is 16.5. The maximum absolute atomic E-state index is 5.67. The summed E-state index contributed by atoms with van der Waals surface area (Å²) in [5.41, 5.74) is 1.28. The fourth-order valence-electron chi connectivity index (χ4n) is 2.06. The highest BCUT2D eigenvalue weighted by molar-refractivity contribution is 5.29. The molecule has 2 unspecified atom stereocenters. The number of methoxy groups -OCH3 is 1. The van der Waals surface area contributed by atoms with Gasteiger partial charge in [0.15, 0.2) is 0 Å². The van der Waals surface area contributed by atoms with Crippen LogP contribution < -0.4 is 10.1 Å². The molecule has 3 nitrogen and oxygen atoms in total. The molecule has 19 heavy (non-hydrogen) atoms. The van der Waals surface area contributed by atoms with E-state index in [2.05, 4.69) is 31.3 Å². The molecule has 0 aliphatic rings. The molecule has 0 heterocycles. The second-order valence-electron chi connectivity index (χ2n) is 5.13. The quantitative estimate of drug-likeness (QED) is 0.779. The van der Waals surface area contributed by atoms with Gasteiger partial charge in [-0.1, -0.05) is 19.1 Å². The zero-order chi connectivity index (χ0) is 14.3. The van der Waals surface area contributed by atoms with Crippen molar-refractivity contribution in [1.82, 2.24) is 5.32 Å². The van der Waals surface area contributed by atoms with Crippen molar-refractivity contribution in [1.29, 1.82) is 0 Å². The fraction of sp³-hybridized carbons (Fsp3) is 0.625. The Kier molecular flexibility index (Phi) is 6.89. The molecule has 0 saturated carbocycles. The van der Waals surface area contributed by atoms with Crippen LogP contribution in [0.5, 0.6) is 5.75 Å². The van der Waals surface area contributed by atoms with E-state index in [0.717, 1.165) is 18.7 Å². The summed E-state index contributed by atoms with van der Waals surface area (Å²) in [5, 5.41) is 3.50. The average Bonchev–Trinajstić information content (AvgIpc) is 2.38. The van der Waals surface area contributed by atoms with Crippen molar-refractivity contribution in [3.63, 3.8) is 0 Å². The number of hydrogen-bond acceptors (Lipinski definition) is 3. The summed E-state index contributed by atoms with van der Waals surface area (Å²) in [4.78, 5) is 0. The Hall–Kier alpha value is -1.06. The van der Waals surface area contributed by atoms with Crippen molar-refractivity contribution in [2.24, 2.45) is 0 Å². The van der Waals surface area contributed by atoms with Gasteiger partial charge in [-0.25, -0.2) is 0 Å². The van der Waals surface area contributed by atoms with Gasteiger partial charge < -0.3 is 14.8 Å². The van der Waals surface area contributed by atoms with Crippen LogP contribution in [-0.4, -0.2) is 25.9 Å². The summed E-state index contributed by atoms with van der Waals surface area (Å²) in [6.45, 7) is 9.25. The first-order chi connectivity index (χ1) is 9.06. The standard InChI is InChI=1S/C16H27NO2/c1-6-17-16(11-13(4)18-5)14-7-9-15(10-8-14)19-12(2)3/h7-10,12-13,16-17H,6,11H2,1-5H3. The van der Waals surface area contributed by atoms with E-state index in [9.17, 15) is 0 Å². The van der Waals surface area contributed by atoms with Crippen molar-refractivity contribution in [2.45, 2.75) is 52.4 Å². The minimum Gasteiger partial charge on any atom is -0.491 e. The number of benzene rings is 1. The first-order valence-electron chi connectivity index (χ1n) is 7.09. The average molecular weight is 265 g/mol. The minimum absolute atomic E-state index is 0.212. The van der Waals surface area contributed by atoms with Gasteiger partial charge in [0, 0.05) is 13.2 Å². The van der Waals surface area contributed by atoms with Gasteiger partial charge in [0.2, 0.25) is 0 Å². The van der Waals surface area contributed by atoms with E-state index in [1.54, 1.807) is 7.11 Å². The van der Waals surface area contributed by atoms with Crippen molar-refractivity contribution in [3.05, 3.63) is 29.8 Å². The molecule has 0 fully saturated rings. The van der Waals surface area contributed by atoms with Gasteiger partial charge in [0.05, 0.1) is 12.2 Å². The fourth-order valence-corrected chi connectivity index (χ4v) is 2.06. The lowest BCUT2D eigenvalue weighted by Gasteiger charge is -2.22. The molecule has 1 rings (SSSR count). The second kappa shape index (κ2) is 8.18. The van der Waals surface area contributed by atoms with Crippen molar-refractivity contribution in [2.75, 3.05) is 13.7 Å². The van der Waals surface area contributed by atoms with Gasteiger partial charge in [0.1, 0.15) is 5.75 Å². The smallest absolute Gasteiger partial charge is 0.119 e. The molecule has 1 aromatic rings. The van der Waals surface area contributed by atoms with E-state index in [1.807, 2.05) is 26.0 Å². The van der Waals surface area contributed by atoms with Crippen LogP contribution in [-0.2, 0) is 4.74 Å². The van der Waals surface area contributed by atoms with Crippen molar-refractivity contribution in [3.8, 4) is 5.75 Å². The van der Waals surface area contributed by atoms with Crippen molar-refractivity contribution < 1.29 is 9.47 Å². The molecule has 0 bridgehead atoms. The molecule has 3 heteroatoms. The molecule has 0 spiro atoms. The van der Waals surface area contributed by atoms with Crippen LogP contribution in [0.1, 0.15) is 45.7 Å². The Balaban J connectivity index is 2.73. The summed E-state index contributed by atoms with van der Waals surface area (Å²) < 4.78 is 11.0. The van der Waals surface area contributed by atoms with E-state index in [4.69, 9.17) is 9.47 Å². The molecule has 0 aliphatic carbocycles. The number of nitrogens with one attached hydrogen (secondary N) is 1. The van der Waals surface area contributed by atoms with Crippen LogP contribution in [0.25, 0.3) is 0 Å². The van der Waals surface area contributed by atoms with Gasteiger partial charge in [-0.2, -0.15) is 0 Å². The number of rotatable bonds is 8. The number of hydrogen-bond donors (Lipinski definition) is 1. The Morgan fingerprint density at radius 3 is 2.21 bits per heavy atom. The molecule has 0 radical (unpaired) electrons. The van der Waals surface area contributed by atoms with Gasteiger partial charge in [-0.05, 0) is 51.4 Å². The Morgan fingerprint density at radius 1 is 1.11 bits per heavy atom. The predicted molar refractivity (Wildman–Crippen MR) is 79.7 cm³/mol. The third-order valence-electron chi connectivity index (χ3n) is 3.07. The van der Waals surface area contributed by atoms with E-state index < -0.39 is 0 Å². The normalized spacial score (nSPS) is 14.4. The van der Waals surface area contributed by atoms with Crippen LogP contribution >= 0.6 is 0 Å². The Labute approximate surface area is 117 Å². The van der Waals surface area contributed by atoms with Crippen LogP contribution in [0.15, 0.2) is 24.3 Å². The van der Waals surface area contributed by atoms with Crippen LogP contribution in [0.2, 0.25) is 0 Å². The minimum atomic E-state index is 0.212. The van der Waals surface area contributed by atoms with E-state index in [0.29, 0.717) is 6.04 Å². The highest BCUT2D eigenvalue weighted by Crippen LogP contribution is 2.22. The summed E-state index contributed by atoms with van der Waals surface area (Å²) in [6, 6.07) is 8.67. The summed E-state index contributed by atoms with van der Waals surface area (Å²) in [5.74, 6) is 0.925. The molecule has 1 aromatic carbocycles. The van der Waals surface area contributed by atoms with Crippen molar-refractivity contribution >= 4 is 0 Å². The lowest BCUT2D eigenvalue weighted by atomic mass is 10.0. The third kappa shape index (κ3) is 5.62. The third-order valence-corrected chi connectivity index (χ3v) is 3.07. The maximum Gasteiger partial charge on any atom is 0.119 e. The Bertz CT molecular complexity index is 348. The topological polar surface area (TPSA) is 30.5 Å². The number of ether oxygens (including phenoxy) is 2. The highest BCUT2D eigenvalue weighted by Gasteiger charge is 2.14. The summed E-state index contributed by atoms with van der Waals surface area (Å²) in [7, 11) is 1.76. The van der Waals surface area contributed by atoms with Gasteiger partial charge >= 0.3 is 0 Å². The first-order valence-corrected chi connectivity index (χ1v) is 7.09. The zero-order valence-corrected chi connectivity index (χ0v) is 12.8. The molecular weight excluding hydrogens is 238 g/mol. The molecule has 0 saturated heterocycles. The van der Waals surface area contributed by atoms with E-state index >= 15 is 0 Å². The van der Waals surface area contributed by atoms with Gasteiger partial charge in [-0.15, -0.1) is 0 Å². The molecule has 2 atom stereocenters. The molecule has 1 N–H and O–H groups in total. The largest absolute Gasteiger partial charge is 0.491 e. The summed E-state index contributed by atoms with van der Waals surface area (Å²) >= 11 is 0. The molecule has 0 amide bonds. The molecule has 0 aliphatic heterocycles. The lowest BCUT2D eigenvalue weighted by Crippen LogP contribution is -2.25. The molecule has 108 valence electrons. The van der Waals surface area contributed by atoms with E-state index in [1.165, 1.54) is 5.56 Å². The predicted octanol–water partition coefficient (Wildman–Crippen LogP) is 3.55. The monoisotopic (exact) mass is 265 g/mol. The molecular formula is C16H27NO2. The van der Waals surface area contributed by atoms with Gasteiger partial charge in [0.25, 0.3) is 0 Å². The van der Waals surface area contributed by atoms with Crippen LogP contribution in [0, 0.1) is 0 Å². The SMILES string of the molecule is CCNC(CC(C)OC)c1ccc(OC(C)C)cc1. The molecule has 0 aromatic heterocycles. The van der Waals surface area contributed by atoms with E-state index in [-0.39, 0.29) is 12.2 Å². The maximum atomic E-state index is 5.67. The first kappa shape index (κ1) is 16.0. The van der Waals surface area contributed by atoms with Crippen LogP contribution in [0.3, 0.4) is 0 Å². The lowest BCUT2D eigenvalue weighted by molar-refractivity contribution is 0.101. The van der Waals surface area contributed by atoms with Gasteiger partial charge in [-0.3, -0.25) is 0 Å². The Morgan fingerprint density at radius 2 is 1.74 bits per heavy atom.